The lowest BCUT2D eigenvalue weighted by Gasteiger charge is -2.35. The van der Waals surface area contributed by atoms with E-state index in [0.29, 0.717) is 17.5 Å². The molecule has 0 aliphatic carbocycles. The zero-order valence-electron chi connectivity index (χ0n) is 12.6. The Morgan fingerprint density at radius 1 is 1.23 bits per heavy atom. The number of nitrogens with two attached hydrogens (primary N) is 1. The second-order valence-corrected chi connectivity index (χ2v) is 6.55. The van der Waals surface area contributed by atoms with Crippen LogP contribution in [0.4, 0.5) is 23.0 Å². The first-order valence-electron chi connectivity index (χ1n) is 7.55. The summed E-state index contributed by atoms with van der Waals surface area (Å²) in [6, 6.07) is 8.39. The Kier molecular flexibility index (Phi) is 4.47. The highest BCUT2D eigenvalue weighted by Gasteiger charge is 2.22. The summed E-state index contributed by atoms with van der Waals surface area (Å²) >= 11 is 3.43. The first-order valence-corrected chi connectivity index (χ1v) is 8.34. The van der Waals surface area contributed by atoms with Crippen LogP contribution < -0.4 is 16.0 Å². The molecule has 2 heterocycles. The van der Waals surface area contributed by atoms with Crippen molar-refractivity contribution in [2.24, 2.45) is 0 Å². The van der Waals surface area contributed by atoms with Crippen LogP contribution in [-0.2, 0) is 0 Å². The SMILES string of the molecule is CC1CCCCN1c1ncnc(Nc2ccc(Br)cc2)c1N. The van der Waals surface area contributed by atoms with Gasteiger partial charge in [0.15, 0.2) is 11.6 Å². The van der Waals surface area contributed by atoms with Crippen LogP contribution >= 0.6 is 15.9 Å². The number of nitrogens with zero attached hydrogens (tertiary/aromatic N) is 3. The maximum atomic E-state index is 6.32. The van der Waals surface area contributed by atoms with Gasteiger partial charge in [-0.2, -0.15) is 0 Å². The number of piperidine rings is 1. The highest BCUT2D eigenvalue weighted by Crippen LogP contribution is 2.32. The smallest absolute Gasteiger partial charge is 0.159 e. The molecule has 0 radical (unpaired) electrons. The number of halogens is 1. The second-order valence-electron chi connectivity index (χ2n) is 5.63. The lowest BCUT2D eigenvalue weighted by Crippen LogP contribution is -2.38. The number of rotatable bonds is 3. The van der Waals surface area contributed by atoms with Gasteiger partial charge >= 0.3 is 0 Å². The third kappa shape index (κ3) is 3.16. The summed E-state index contributed by atoms with van der Waals surface area (Å²) in [6.07, 6.45) is 5.21. The van der Waals surface area contributed by atoms with Crippen molar-refractivity contribution in [3.05, 3.63) is 35.1 Å². The van der Waals surface area contributed by atoms with Crippen molar-refractivity contribution in [3.63, 3.8) is 0 Å². The summed E-state index contributed by atoms with van der Waals surface area (Å²) in [4.78, 5) is 11.0. The lowest BCUT2D eigenvalue weighted by atomic mass is 10.0. The molecule has 1 aliphatic rings. The molecule has 0 amide bonds. The molecule has 1 fully saturated rings. The molecule has 0 spiro atoms. The largest absolute Gasteiger partial charge is 0.393 e. The minimum atomic E-state index is 0.464. The van der Waals surface area contributed by atoms with E-state index in [1.54, 1.807) is 6.33 Å². The topological polar surface area (TPSA) is 67.1 Å². The van der Waals surface area contributed by atoms with Crippen LogP contribution in [0.5, 0.6) is 0 Å². The van der Waals surface area contributed by atoms with Crippen LogP contribution in [0, 0.1) is 0 Å². The molecular formula is C16H20BrN5. The Labute approximate surface area is 139 Å². The Morgan fingerprint density at radius 3 is 2.73 bits per heavy atom. The maximum absolute atomic E-state index is 6.32. The summed E-state index contributed by atoms with van der Waals surface area (Å²) < 4.78 is 1.04. The van der Waals surface area contributed by atoms with Crippen molar-refractivity contribution in [2.45, 2.75) is 32.2 Å². The third-order valence-electron chi connectivity index (χ3n) is 4.04. The average Bonchev–Trinajstić information content (AvgIpc) is 2.52. The minimum Gasteiger partial charge on any atom is -0.393 e. The standard InChI is InChI=1S/C16H20BrN5/c1-11-4-2-3-9-22(11)16-14(18)15(19-10-20-16)21-13-7-5-12(17)6-8-13/h5-8,10-11H,2-4,9,18H2,1H3,(H,19,20,21). The molecule has 1 atom stereocenters. The van der Waals surface area contributed by atoms with Gasteiger partial charge in [0.1, 0.15) is 12.0 Å². The molecule has 0 saturated carbocycles. The molecule has 3 rings (SSSR count). The molecule has 0 bridgehead atoms. The molecule has 1 unspecified atom stereocenters. The Bertz CT molecular complexity index is 643. The molecule has 1 aliphatic heterocycles. The summed E-state index contributed by atoms with van der Waals surface area (Å²) in [7, 11) is 0. The molecule has 116 valence electrons. The van der Waals surface area contributed by atoms with Crippen molar-refractivity contribution in [1.29, 1.82) is 0 Å². The van der Waals surface area contributed by atoms with Gasteiger partial charge in [0.25, 0.3) is 0 Å². The average molecular weight is 362 g/mol. The van der Waals surface area contributed by atoms with E-state index >= 15 is 0 Å². The van der Waals surface area contributed by atoms with Crippen LogP contribution in [0.2, 0.25) is 0 Å². The van der Waals surface area contributed by atoms with Gasteiger partial charge in [-0.05, 0) is 50.5 Å². The van der Waals surface area contributed by atoms with Crippen LogP contribution in [0.1, 0.15) is 26.2 Å². The molecule has 2 aromatic rings. The van der Waals surface area contributed by atoms with Gasteiger partial charge in [-0.15, -0.1) is 0 Å². The third-order valence-corrected chi connectivity index (χ3v) is 4.57. The summed E-state index contributed by atoms with van der Waals surface area (Å²) in [5.41, 5.74) is 7.88. The minimum absolute atomic E-state index is 0.464. The number of nitrogens with one attached hydrogen (secondary N) is 1. The molecular weight excluding hydrogens is 342 g/mol. The summed E-state index contributed by atoms with van der Waals surface area (Å²) in [5.74, 6) is 1.49. The van der Waals surface area contributed by atoms with E-state index in [1.807, 2.05) is 24.3 Å². The predicted octanol–water partition coefficient (Wildman–Crippen LogP) is 3.94. The van der Waals surface area contributed by atoms with Crippen molar-refractivity contribution < 1.29 is 0 Å². The van der Waals surface area contributed by atoms with Crippen molar-refractivity contribution in [3.8, 4) is 0 Å². The van der Waals surface area contributed by atoms with E-state index in [1.165, 1.54) is 19.3 Å². The van der Waals surface area contributed by atoms with Gasteiger partial charge in [0, 0.05) is 22.7 Å². The molecule has 1 saturated heterocycles. The Morgan fingerprint density at radius 2 is 2.00 bits per heavy atom. The molecule has 22 heavy (non-hydrogen) atoms. The monoisotopic (exact) mass is 361 g/mol. The second kappa shape index (κ2) is 6.52. The highest BCUT2D eigenvalue weighted by atomic mass is 79.9. The van der Waals surface area contributed by atoms with Crippen LogP contribution in [0.15, 0.2) is 35.1 Å². The fraction of sp³-hybridized carbons (Fsp3) is 0.375. The molecule has 1 aromatic heterocycles. The fourth-order valence-corrected chi connectivity index (χ4v) is 3.06. The van der Waals surface area contributed by atoms with E-state index < -0.39 is 0 Å². The number of anilines is 4. The van der Waals surface area contributed by atoms with Crippen LogP contribution in [0.3, 0.4) is 0 Å². The molecule has 1 aromatic carbocycles. The van der Waals surface area contributed by atoms with Gasteiger partial charge in [-0.3, -0.25) is 0 Å². The molecule has 6 heteroatoms. The van der Waals surface area contributed by atoms with Gasteiger partial charge in [0.05, 0.1) is 0 Å². The van der Waals surface area contributed by atoms with Crippen LogP contribution in [-0.4, -0.2) is 22.6 Å². The number of hydrogen-bond acceptors (Lipinski definition) is 5. The predicted molar refractivity (Wildman–Crippen MR) is 94.5 cm³/mol. The first-order chi connectivity index (χ1) is 10.6. The van der Waals surface area contributed by atoms with E-state index in [4.69, 9.17) is 5.73 Å². The Balaban J connectivity index is 1.86. The Hall–Kier alpha value is -1.82. The van der Waals surface area contributed by atoms with Crippen LogP contribution in [0.25, 0.3) is 0 Å². The zero-order valence-corrected chi connectivity index (χ0v) is 14.2. The van der Waals surface area contributed by atoms with Crippen molar-refractivity contribution in [2.75, 3.05) is 22.5 Å². The van der Waals surface area contributed by atoms with Gasteiger partial charge in [-0.25, -0.2) is 9.97 Å². The van der Waals surface area contributed by atoms with E-state index in [9.17, 15) is 0 Å². The molecule has 3 N–H and O–H groups in total. The van der Waals surface area contributed by atoms with Crippen molar-refractivity contribution in [1.82, 2.24) is 9.97 Å². The maximum Gasteiger partial charge on any atom is 0.159 e. The van der Waals surface area contributed by atoms with Gasteiger partial charge in [-0.1, -0.05) is 15.9 Å². The number of aromatic nitrogens is 2. The zero-order chi connectivity index (χ0) is 15.5. The fourth-order valence-electron chi connectivity index (χ4n) is 2.80. The number of nitrogen functional groups attached to an aromatic ring is 1. The normalized spacial score (nSPS) is 18.3. The lowest BCUT2D eigenvalue weighted by molar-refractivity contribution is 0.481. The summed E-state index contributed by atoms with van der Waals surface area (Å²) in [6.45, 7) is 3.22. The summed E-state index contributed by atoms with van der Waals surface area (Å²) in [5, 5.41) is 3.27. The van der Waals surface area contributed by atoms with E-state index in [2.05, 4.69) is 43.0 Å². The quantitative estimate of drug-likeness (QED) is 0.866. The van der Waals surface area contributed by atoms with Gasteiger partial charge in [0.2, 0.25) is 0 Å². The van der Waals surface area contributed by atoms with Gasteiger partial charge < -0.3 is 16.0 Å². The highest BCUT2D eigenvalue weighted by molar-refractivity contribution is 9.10. The first kappa shape index (κ1) is 15.1. The molecule has 5 nitrogen and oxygen atoms in total. The van der Waals surface area contributed by atoms with E-state index in [-0.39, 0.29) is 0 Å². The van der Waals surface area contributed by atoms with Crippen molar-refractivity contribution >= 4 is 38.9 Å². The number of hydrogen-bond donors (Lipinski definition) is 2. The van der Waals surface area contributed by atoms with E-state index in [0.717, 1.165) is 22.5 Å². The number of benzene rings is 1.